The molecule has 0 atom stereocenters. The van der Waals surface area contributed by atoms with Crippen molar-refractivity contribution in [1.82, 2.24) is 0 Å². The highest BCUT2D eigenvalue weighted by Crippen LogP contribution is 2.26. The second kappa shape index (κ2) is 7.45. The van der Waals surface area contributed by atoms with Crippen LogP contribution in [0.15, 0.2) is 28.7 Å². The summed E-state index contributed by atoms with van der Waals surface area (Å²) in [6.45, 7) is 2.22. The Kier molecular flexibility index (Phi) is 5.61. The number of halogens is 1. The van der Waals surface area contributed by atoms with Crippen LogP contribution < -0.4 is 4.74 Å². The third-order valence-electron chi connectivity index (χ3n) is 3.19. The Morgan fingerprint density at radius 2 is 2.20 bits per heavy atom. The van der Waals surface area contributed by atoms with E-state index in [9.17, 15) is 4.79 Å². The first-order valence-corrected chi connectivity index (χ1v) is 7.35. The molecule has 2 rings (SSSR count). The van der Waals surface area contributed by atoms with Crippen molar-refractivity contribution in [2.75, 3.05) is 19.8 Å². The molecule has 1 aliphatic heterocycles. The van der Waals surface area contributed by atoms with Gasteiger partial charge in [-0.1, -0.05) is 15.9 Å². The summed E-state index contributed by atoms with van der Waals surface area (Å²) < 4.78 is 12.1. The molecule has 1 saturated heterocycles. The highest BCUT2D eigenvalue weighted by Gasteiger charge is 2.15. The Morgan fingerprint density at radius 1 is 1.45 bits per heavy atom. The number of hydrogen-bond donors (Lipinski definition) is 1. The van der Waals surface area contributed by atoms with Crippen molar-refractivity contribution in [2.45, 2.75) is 12.8 Å². The molecule has 0 bridgehead atoms. The van der Waals surface area contributed by atoms with Crippen LogP contribution in [0.3, 0.4) is 0 Å². The van der Waals surface area contributed by atoms with Crippen molar-refractivity contribution in [3.05, 3.63) is 34.3 Å². The zero-order valence-electron chi connectivity index (χ0n) is 11.0. The standard InChI is InChI=1S/C15H17BrO4/c16-13-2-3-14(12(9-13)1-4-15(17)18)20-10-11-5-7-19-8-6-11/h1-4,9,11H,5-8,10H2,(H,17,18). The summed E-state index contributed by atoms with van der Waals surface area (Å²) in [5.41, 5.74) is 0.758. The van der Waals surface area contributed by atoms with Crippen LogP contribution in [0.4, 0.5) is 0 Å². The molecule has 1 aromatic rings. The fraction of sp³-hybridized carbons (Fsp3) is 0.400. The summed E-state index contributed by atoms with van der Waals surface area (Å²) in [5, 5.41) is 8.72. The van der Waals surface area contributed by atoms with Crippen molar-refractivity contribution < 1.29 is 19.4 Å². The highest BCUT2D eigenvalue weighted by atomic mass is 79.9. The molecule has 0 amide bonds. The van der Waals surface area contributed by atoms with E-state index in [4.69, 9.17) is 14.6 Å². The number of carbonyl (C=O) groups is 1. The first-order chi connectivity index (χ1) is 9.65. The van der Waals surface area contributed by atoms with Gasteiger partial charge in [-0.15, -0.1) is 0 Å². The zero-order valence-corrected chi connectivity index (χ0v) is 12.6. The third-order valence-corrected chi connectivity index (χ3v) is 3.69. The van der Waals surface area contributed by atoms with Crippen molar-refractivity contribution in [1.29, 1.82) is 0 Å². The molecule has 1 heterocycles. The summed E-state index contributed by atoms with van der Waals surface area (Å²) in [6, 6.07) is 5.58. The Bertz CT molecular complexity index is 493. The lowest BCUT2D eigenvalue weighted by Crippen LogP contribution is -2.21. The zero-order chi connectivity index (χ0) is 14.4. The molecule has 20 heavy (non-hydrogen) atoms. The maximum Gasteiger partial charge on any atom is 0.328 e. The summed E-state index contributed by atoms with van der Waals surface area (Å²) in [4.78, 5) is 10.6. The van der Waals surface area contributed by atoms with E-state index in [1.54, 1.807) is 6.08 Å². The van der Waals surface area contributed by atoms with Gasteiger partial charge in [-0.3, -0.25) is 0 Å². The van der Waals surface area contributed by atoms with E-state index < -0.39 is 5.97 Å². The number of aliphatic carboxylic acids is 1. The summed E-state index contributed by atoms with van der Waals surface area (Å²) >= 11 is 3.38. The van der Waals surface area contributed by atoms with E-state index in [-0.39, 0.29) is 0 Å². The largest absolute Gasteiger partial charge is 0.493 e. The number of rotatable bonds is 5. The van der Waals surface area contributed by atoms with Gasteiger partial charge in [0.15, 0.2) is 0 Å². The Morgan fingerprint density at radius 3 is 2.90 bits per heavy atom. The molecule has 0 saturated carbocycles. The molecule has 0 spiro atoms. The minimum atomic E-state index is -0.972. The molecule has 1 N–H and O–H groups in total. The molecule has 1 aliphatic rings. The smallest absolute Gasteiger partial charge is 0.328 e. The van der Waals surface area contributed by atoms with Gasteiger partial charge < -0.3 is 14.6 Å². The van der Waals surface area contributed by atoms with E-state index in [2.05, 4.69) is 15.9 Å². The van der Waals surface area contributed by atoms with Gasteiger partial charge in [-0.25, -0.2) is 4.79 Å². The van der Waals surface area contributed by atoms with Gasteiger partial charge >= 0.3 is 5.97 Å². The predicted octanol–water partition coefficient (Wildman–Crippen LogP) is 3.35. The molecule has 0 radical (unpaired) electrons. The molecule has 108 valence electrons. The van der Waals surface area contributed by atoms with Gasteiger partial charge in [0.25, 0.3) is 0 Å². The Balaban J connectivity index is 2.03. The maximum absolute atomic E-state index is 10.6. The molecule has 1 aromatic carbocycles. The molecule has 5 heteroatoms. The van der Waals surface area contributed by atoms with Crippen molar-refractivity contribution in [3.63, 3.8) is 0 Å². The van der Waals surface area contributed by atoms with E-state index in [1.165, 1.54) is 0 Å². The van der Waals surface area contributed by atoms with Crippen molar-refractivity contribution >= 4 is 28.0 Å². The topological polar surface area (TPSA) is 55.8 Å². The quantitative estimate of drug-likeness (QED) is 0.835. The highest BCUT2D eigenvalue weighted by molar-refractivity contribution is 9.10. The molecule has 0 aromatic heterocycles. The van der Waals surface area contributed by atoms with Crippen molar-refractivity contribution in [2.24, 2.45) is 5.92 Å². The van der Waals surface area contributed by atoms with Crippen LogP contribution in [0, 0.1) is 5.92 Å². The van der Waals surface area contributed by atoms with E-state index >= 15 is 0 Å². The van der Waals surface area contributed by atoms with E-state index in [0.29, 0.717) is 18.3 Å². The Hall–Kier alpha value is -1.33. The predicted molar refractivity (Wildman–Crippen MR) is 79.8 cm³/mol. The number of carboxylic acid groups (broad SMARTS) is 1. The SMILES string of the molecule is O=C(O)C=Cc1cc(Br)ccc1OCC1CCOCC1. The van der Waals surface area contributed by atoms with Gasteiger partial charge in [0.05, 0.1) is 6.61 Å². The summed E-state index contributed by atoms with van der Waals surface area (Å²) in [5.74, 6) is 0.237. The fourth-order valence-corrected chi connectivity index (χ4v) is 2.44. The lowest BCUT2D eigenvalue weighted by atomic mass is 10.0. The summed E-state index contributed by atoms with van der Waals surface area (Å²) in [6.07, 6.45) is 4.68. The number of benzene rings is 1. The first-order valence-electron chi connectivity index (χ1n) is 6.56. The van der Waals surface area contributed by atoms with Crippen LogP contribution in [-0.2, 0) is 9.53 Å². The second-order valence-corrected chi connectivity index (χ2v) is 5.64. The average molecular weight is 341 g/mol. The van der Waals surface area contributed by atoms with Crippen LogP contribution in [0.5, 0.6) is 5.75 Å². The first kappa shape index (κ1) is 15.1. The third kappa shape index (κ3) is 4.65. The van der Waals surface area contributed by atoms with Crippen LogP contribution in [0.2, 0.25) is 0 Å². The molecule has 0 unspecified atom stereocenters. The average Bonchev–Trinajstić information content (AvgIpc) is 2.45. The number of carboxylic acids is 1. The monoisotopic (exact) mass is 340 g/mol. The second-order valence-electron chi connectivity index (χ2n) is 4.72. The number of ether oxygens (including phenoxy) is 2. The normalized spacial score (nSPS) is 16.4. The molecular formula is C15H17BrO4. The van der Waals surface area contributed by atoms with Crippen LogP contribution in [-0.4, -0.2) is 30.9 Å². The van der Waals surface area contributed by atoms with Crippen molar-refractivity contribution in [3.8, 4) is 5.75 Å². The summed E-state index contributed by atoms with van der Waals surface area (Å²) in [7, 11) is 0. The minimum Gasteiger partial charge on any atom is -0.493 e. The van der Waals surface area contributed by atoms with Crippen LogP contribution in [0.1, 0.15) is 18.4 Å². The maximum atomic E-state index is 10.6. The van der Waals surface area contributed by atoms with Gasteiger partial charge in [0, 0.05) is 29.3 Å². The van der Waals surface area contributed by atoms with Gasteiger partial charge in [-0.2, -0.15) is 0 Å². The van der Waals surface area contributed by atoms with Crippen LogP contribution in [0.25, 0.3) is 6.08 Å². The van der Waals surface area contributed by atoms with E-state index in [1.807, 2.05) is 18.2 Å². The Labute approximate surface area is 126 Å². The van der Waals surface area contributed by atoms with E-state index in [0.717, 1.165) is 42.2 Å². The van der Waals surface area contributed by atoms with Gasteiger partial charge in [-0.05, 0) is 43.0 Å². The number of hydrogen-bond acceptors (Lipinski definition) is 3. The molecule has 0 aliphatic carbocycles. The molecular weight excluding hydrogens is 324 g/mol. The van der Waals surface area contributed by atoms with Gasteiger partial charge in [0.1, 0.15) is 5.75 Å². The minimum absolute atomic E-state index is 0.503. The fourth-order valence-electron chi connectivity index (χ4n) is 2.06. The lowest BCUT2D eigenvalue weighted by molar-refractivity contribution is -0.131. The molecule has 4 nitrogen and oxygen atoms in total. The van der Waals surface area contributed by atoms with Crippen LogP contribution >= 0.6 is 15.9 Å². The molecule has 1 fully saturated rings. The lowest BCUT2D eigenvalue weighted by Gasteiger charge is -2.22. The van der Waals surface area contributed by atoms with Gasteiger partial charge in [0.2, 0.25) is 0 Å².